The van der Waals surface area contributed by atoms with Gasteiger partial charge in [-0.2, -0.15) is 0 Å². The van der Waals surface area contributed by atoms with Gasteiger partial charge < -0.3 is 5.32 Å². The molecule has 6 heavy (non-hydrogen) atoms. The molecule has 1 heterocycles. The van der Waals surface area contributed by atoms with Gasteiger partial charge in [-0.3, -0.25) is 0 Å². The zero-order valence-electron chi connectivity index (χ0n) is 4.33. The third-order valence-corrected chi connectivity index (χ3v) is 0.957. The molecule has 1 nitrogen and oxygen atoms in total. The van der Waals surface area contributed by atoms with Crippen LogP contribution in [0.4, 0.5) is 0 Å². The van der Waals surface area contributed by atoms with Crippen LogP contribution in [-0.2, 0) is 0 Å². The van der Waals surface area contributed by atoms with E-state index in [0.29, 0.717) is 0 Å². The first-order valence-electron chi connectivity index (χ1n) is 2.21. The van der Waals surface area contributed by atoms with E-state index in [2.05, 4.69) is 5.32 Å². The Morgan fingerprint density at radius 1 is 1.00 bits per heavy atom. The molecule has 0 aromatic rings. The van der Waals surface area contributed by atoms with E-state index in [-0.39, 0.29) is 18.9 Å². The zero-order chi connectivity index (χ0) is 3.54. The van der Waals surface area contributed by atoms with Gasteiger partial charge in [0.15, 0.2) is 0 Å². The smallest absolute Gasteiger partial charge is 0 e. The molecule has 1 saturated heterocycles. The van der Waals surface area contributed by atoms with Crippen molar-refractivity contribution in [1.29, 1.82) is 0 Å². The number of hydrogen-bond donors (Lipinski definition) is 1. The Hall–Kier alpha value is 0.557. The van der Waals surface area contributed by atoms with Gasteiger partial charge in [0, 0.05) is 18.9 Å². The summed E-state index contributed by atoms with van der Waals surface area (Å²) >= 11 is 0. The van der Waals surface area contributed by atoms with Gasteiger partial charge in [0.05, 0.1) is 0 Å². The quantitative estimate of drug-likeness (QED) is 0.402. The van der Waals surface area contributed by atoms with E-state index in [1.165, 1.54) is 25.9 Å². The molecule has 0 aliphatic carbocycles. The topological polar surface area (TPSA) is 12.0 Å². The van der Waals surface area contributed by atoms with E-state index < -0.39 is 0 Å². The van der Waals surface area contributed by atoms with Crippen LogP contribution in [0.2, 0.25) is 0 Å². The fourth-order valence-electron chi connectivity index (χ4n) is 0.625. The van der Waals surface area contributed by atoms with Crippen LogP contribution in [-0.4, -0.2) is 32.0 Å². The molecule has 1 aliphatic heterocycles. The molecule has 0 atom stereocenters. The van der Waals surface area contributed by atoms with E-state index in [9.17, 15) is 0 Å². The van der Waals surface area contributed by atoms with Crippen molar-refractivity contribution >= 4 is 18.9 Å². The van der Waals surface area contributed by atoms with Crippen molar-refractivity contribution in [3.63, 3.8) is 0 Å². The van der Waals surface area contributed by atoms with Crippen molar-refractivity contribution in [2.75, 3.05) is 13.1 Å². The SMILES string of the molecule is C1CCNC1.[Li]. The van der Waals surface area contributed by atoms with Gasteiger partial charge in [-0.15, -0.1) is 0 Å². The second kappa shape index (κ2) is 3.74. The van der Waals surface area contributed by atoms with Crippen LogP contribution in [0.25, 0.3) is 0 Å². The van der Waals surface area contributed by atoms with Crippen LogP contribution in [0.15, 0.2) is 0 Å². The molecule has 1 fully saturated rings. The average molecular weight is 78.1 g/mol. The average Bonchev–Trinajstić information content (AvgIpc) is 1.76. The molecule has 1 N–H and O–H groups in total. The zero-order valence-corrected chi connectivity index (χ0v) is 4.33. The fraction of sp³-hybridized carbons (Fsp3) is 1.00. The van der Waals surface area contributed by atoms with Crippen LogP contribution >= 0.6 is 0 Å². The van der Waals surface area contributed by atoms with Gasteiger partial charge in [-0.05, 0) is 25.9 Å². The Morgan fingerprint density at radius 2 is 1.50 bits per heavy atom. The minimum atomic E-state index is 0. The molecule has 0 saturated carbocycles. The maximum absolute atomic E-state index is 3.22. The monoisotopic (exact) mass is 78.1 g/mol. The van der Waals surface area contributed by atoms with Gasteiger partial charge >= 0.3 is 0 Å². The first kappa shape index (κ1) is 6.56. The number of rotatable bonds is 0. The van der Waals surface area contributed by atoms with Gasteiger partial charge in [0.2, 0.25) is 0 Å². The fourth-order valence-corrected chi connectivity index (χ4v) is 0.625. The van der Waals surface area contributed by atoms with Crippen molar-refractivity contribution in [2.24, 2.45) is 0 Å². The summed E-state index contributed by atoms with van der Waals surface area (Å²) in [5.41, 5.74) is 0. The summed E-state index contributed by atoms with van der Waals surface area (Å²) in [4.78, 5) is 0. The van der Waals surface area contributed by atoms with Crippen molar-refractivity contribution in [3.05, 3.63) is 0 Å². The standard InChI is InChI=1S/C4H9N.Li/c1-2-4-5-3-1;/h5H,1-4H2;. The maximum atomic E-state index is 3.22. The van der Waals surface area contributed by atoms with E-state index in [1.54, 1.807) is 0 Å². The van der Waals surface area contributed by atoms with Gasteiger partial charge in [-0.25, -0.2) is 0 Å². The Kier molecular flexibility index (Phi) is 4.08. The van der Waals surface area contributed by atoms with Crippen molar-refractivity contribution in [3.8, 4) is 0 Å². The number of nitrogens with one attached hydrogen (secondary N) is 1. The molecule has 1 aliphatic rings. The van der Waals surface area contributed by atoms with Crippen LogP contribution in [0.5, 0.6) is 0 Å². The van der Waals surface area contributed by atoms with E-state index >= 15 is 0 Å². The first-order valence-corrected chi connectivity index (χ1v) is 2.21. The van der Waals surface area contributed by atoms with E-state index in [4.69, 9.17) is 0 Å². The molecular weight excluding hydrogens is 69.0 g/mol. The molecule has 31 valence electrons. The molecule has 0 amide bonds. The second-order valence-corrected chi connectivity index (χ2v) is 1.46. The third-order valence-electron chi connectivity index (χ3n) is 0.957. The molecule has 0 bridgehead atoms. The summed E-state index contributed by atoms with van der Waals surface area (Å²) in [6.07, 6.45) is 2.78. The van der Waals surface area contributed by atoms with Crippen molar-refractivity contribution in [1.82, 2.24) is 5.32 Å². The predicted octanol–water partition coefficient (Wildman–Crippen LogP) is -0.0110. The van der Waals surface area contributed by atoms with Gasteiger partial charge in [0.25, 0.3) is 0 Å². The van der Waals surface area contributed by atoms with Gasteiger partial charge in [0.1, 0.15) is 0 Å². The van der Waals surface area contributed by atoms with Crippen molar-refractivity contribution in [2.45, 2.75) is 12.8 Å². The second-order valence-electron chi connectivity index (χ2n) is 1.46. The maximum Gasteiger partial charge on any atom is 0 e. The molecule has 0 unspecified atom stereocenters. The predicted molar refractivity (Wildman–Crippen MR) is 27.9 cm³/mol. The molecule has 0 aromatic heterocycles. The normalized spacial score (nSPS) is 20.0. The summed E-state index contributed by atoms with van der Waals surface area (Å²) in [6.45, 7) is 2.50. The molecule has 1 rings (SSSR count). The summed E-state index contributed by atoms with van der Waals surface area (Å²) in [5.74, 6) is 0. The van der Waals surface area contributed by atoms with E-state index in [0.717, 1.165) is 0 Å². The minimum Gasteiger partial charge on any atom is -0.317 e. The summed E-state index contributed by atoms with van der Waals surface area (Å²) in [5, 5.41) is 3.22. The number of hydrogen-bond acceptors (Lipinski definition) is 1. The molecule has 0 aromatic carbocycles. The largest absolute Gasteiger partial charge is 0.317 e. The summed E-state index contributed by atoms with van der Waals surface area (Å²) in [6, 6.07) is 0. The van der Waals surface area contributed by atoms with Gasteiger partial charge in [-0.1, -0.05) is 0 Å². The Bertz CT molecular complexity index is 19.1. The third kappa shape index (κ3) is 1.87. The van der Waals surface area contributed by atoms with Crippen molar-refractivity contribution < 1.29 is 0 Å². The van der Waals surface area contributed by atoms with Crippen LogP contribution in [0.1, 0.15) is 12.8 Å². The Labute approximate surface area is 50.7 Å². The molecular formula is C4H9LiN. The minimum absolute atomic E-state index is 0. The summed E-state index contributed by atoms with van der Waals surface area (Å²) in [7, 11) is 0. The van der Waals surface area contributed by atoms with E-state index in [1.807, 2.05) is 0 Å². The van der Waals surface area contributed by atoms with Crippen LogP contribution < -0.4 is 5.32 Å². The summed E-state index contributed by atoms with van der Waals surface area (Å²) < 4.78 is 0. The molecule has 1 radical (unpaired) electrons. The molecule has 0 spiro atoms. The first-order chi connectivity index (χ1) is 2.50. The van der Waals surface area contributed by atoms with Crippen LogP contribution in [0, 0.1) is 0 Å². The molecule has 2 heteroatoms. The Balaban J connectivity index is 0.000000250. The Morgan fingerprint density at radius 3 is 1.67 bits per heavy atom. The van der Waals surface area contributed by atoms with Crippen LogP contribution in [0.3, 0.4) is 0 Å².